The van der Waals surface area contributed by atoms with E-state index in [0.29, 0.717) is 11.8 Å². The SMILES string of the molecule is CC(C)(C)c1cc(N(c2ccccc2)c2cccc3c2oc2c(C4CCCC4)cccc23)c2ccc3c(C(C)(C)C)cc(N(c4ccccc4)c4cccc5c4oc4c(C6CCCC6)cccc45)c4ccc1c2c43. The molecule has 0 spiro atoms. The van der Waals surface area contributed by atoms with Crippen molar-refractivity contribution in [2.24, 2.45) is 0 Å². The van der Waals surface area contributed by atoms with Gasteiger partial charge in [-0.3, -0.25) is 0 Å². The van der Waals surface area contributed by atoms with E-state index in [4.69, 9.17) is 8.83 Å². The highest BCUT2D eigenvalue weighted by Crippen LogP contribution is 2.54. The Morgan fingerprint density at radius 1 is 0.338 bits per heavy atom. The van der Waals surface area contributed by atoms with Crippen LogP contribution in [0.3, 0.4) is 0 Å². The molecule has 0 amide bonds. The molecular formula is C70H64N2O2. The largest absolute Gasteiger partial charge is 0.454 e. The van der Waals surface area contributed by atoms with Gasteiger partial charge in [0.25, 0.3) is 0 Å². The van der Waals surface area contributed by atoms with E-state index in [9.17, 15) is 0 Å². The summed E-state index contributed by atoms with van der Waals surface area (Å²) in [5, 5.41) is 12.3. The van der Waals surface area contributed by atoms with Crippen molar-refractivity contribution in [3.63, 3.8) is 0 Å². The van der Waals surface area contributed by atoms with Crippen LogP contribution in [0.5, 0.6) is 0 Å². The molecule has 4 nitrogen and oxygen atoms in total. The number of hydrogen-bond acceptors (Lipinski definition) is 4. The van der Waals surface area contributed by atoms with Gasteiger partial charge in [-0.2, -0.15) is 0 Å². The number of rotatable bonds is 8. The van der Waals surface area contributed by atoms with Gasteiger partial charge in [-0.05, 0) is 141 Å². The first-order valence-electron chi connectivity index (χ1n) is 27.4. The lowest BCUT2D eigenvalue weighted by Crippen LogP contribution is -2.17. The van der Waals surface area contributed by atoms with E-state index in [1.165, 1.54) is 117 Å². The number of hydrogen-bond donors (Lipinski definition) is 0. The van der Waals surface area contributed by atoms with Crippen molar-refractivity contribution in [3.05, 3.63) is 192 Å². The van der Waals surface area contributed by atoms with Gasteiger partial charge in [0.1, 0.15) is 11.2 Å². The molecule has 2 saturated carbocycles. The monoisotopic (exact) mass is 964 g/mol. The second kappa shape index (κ2) is 17.0. The summed E-state index contributed by atoms with van der Waals surface area (Å²) in [6.45, 7) is 14.2. The molecule has 2 aliphatic carbocycles. The number of para-hydroxylation sites is 6. The molecule has 2 fully saturated rings. The first-order chi connectivity index (χ1) is 36.0. The second-order valence-corrected chi connectivity index (χ2v) is 23.7. The zero-order valence-electron chi connectivity index (χ0n) is 43.7. The molecule has 0 aliphatic heterocycles. The topological polar surface area (TPSA) is 32.8 Å². The number of anilines is 6. The summed E-state index contributed by atoms with van der Waals surface area (Å²) < 4.78 is 14.6. The van der Waals surface area contributed by atoms with Gasteiger partial charge in [0.2, 0.25) is 0 Å². The van der Waals surface area contributed by atoms with E-state index in [1.807, 2.05) is 0 Å². The van der Waals surface area contributed by atoms with Crippen molar-refractivity contribution in [3.8, 4) is 0 Å². The zero-order valence-corrected chi connectivity index (χ0v) is 43.7. The van der Waals surface area contributed by atoms with Crippen molar-refractivity contribution in [2.45, 2.75) is 116 Å². The van der Waals surface area contributed by atoms with Gasteiger partial charge in [-0.15, -0.1) is 0 Å². The zero-order chi connectivity index (χ0) is 50.0. The van der Waals surface area contributed by atoms with Crippen LogP contribution in [-0.4, -0.2) is 0 Å². The van der Waals surface area contributed by atoms with Crippen LogP contribution in [0.15, 0.2) is 179 Å². The van der Waals surface area contributed by atoms with E-state index in [0.717, 1.165) is 67.2 Å². The minimum Gasteiger partial charge on any atom is -0.454 e. The second-order valence-electron chi connectivity index (χ2n) is 23.7. The number of fused-ring (bicyclic) bond motifs is 6. The van der Waals surface area contributed by atoms with Crippen LogP contribution in [0.25, 0.3) is 76.2 Å². The Hall–Kier alpha value is -7.56. The molecule has 0 saturated heterocycles. The quantitative estimate of drug-likeness (QED) is 0.142. The van der Waals surface area contributed by atoms with E-state index in [-0.39, 0.29) is 10.8 Å². The van der Waals surface area contributed by atoms with Crippen LogP contribution in [0.1, 0.15) is 127 Å². The molecule has 0 atom stereocenters. The van der Waals surface area contributed by atoms with Crippen LogP contribution in [0.4, 0.5) is 34.1 Å². The number of furan rings is 2. The summed E-state index contributed by atoms with van der Waals surface area (Å²) in [4.78, 5) is 4.98. The van der Waals surface area contributed by atoms with E-state index >= 15 is 0 Å². The van der Waals surface area contributed by atoms with Gasteiger partial charge in [0.05, 0.1) is 22.7 Å². The smallest absolute Gasteiger partial charge is 0.159 e. The van der Waals surface area contributed by atoms with Crippen molar-refractivity contribution in [2.75, 3.05) is 9.80 Å². The third-order valence-electron chi connectivity index (χ3n) is 17.1. The average Bonchev–Trinajstić information content (AvgIpc) is 4.28. The lowest BCUT2D eigenvalue weighted by molar-refractivity contribution is 0.595. The normalized spacial score (nSPS) is 15.2. The molecule has 2 heterocycles. The fraction of sp³-hybridized carbons (Fsp3) is 0.257. The Morgan fingerprint density at radius 3 is 1.07 bits per heavy atom. The lowest BCUT2D eigenvalue weighted by Gasteiger charge is -2.33. The molecule has 4 heteroatoms. The molecular weight excluding hydrogens is 901 g/mol. The Labute approximate surface area is 434 Å². The van der Waals surface area contributed by atoms with Gasteiger partial charge >= 0.3 is 0 Å². The van der Waals surface area contributed by atoms with E-state index in [1.54, 1.807) is 0 Å². The van der Waals surface area contributed by atoms with Gasteiger partial charge in [-0.25, -0.2) is 0 Å². The molecule has 0 unspecified atom stereocenters. The molecule has 0 N–H and O–H groups in total. The molecule has 2 aliphatic rings. The fourth-order valence-corrected chi connectivity index (χ4v) is 13.7. The van der Waals surface area contributed by atoms with Crippen LogP contribution < -0.4 is 9.80 Å². The van der Waals surface area contributed by atoms with Crippen molar-refractivity contribution < 1.29 is 8.83 Å². The van der Waals surface area contributed by atoms with Crippen molar-refractivity contribution in [1.82, 2.24) is 0 Å². The van der Waals surface area contributed by atoms with Gasteiger partial charge in [0, 0.05) is 43.7 Å². The Morgan fingerprint density at radius 2 is 0.689 bits per heavy atom. The highest BCUT2D eigenvalue weighted by molar-refractivity contribution is 6.30. The standard InChI is InChI=1S/C70H64N2O2/c1-69(2,3)57-41-61(71(45-25-9-7-10-26-45)59-35-19-33-51-49-31-17-29-47(43-21-13-14-22-43)65(49)73-67(51)59)55-40-38-54-58(70(4,5)6)42-62(56-39-37-53(57)63(55)64(54)56)72(46-27-11-8-12-28-46)60-36-20-34-52-50-32-18-30-48(44-23-15-16-24-44)66(50)74-68(52)60/h7-12,17-20,25-44H,13-16,21-24H2,1-6H3. The fourth-order valence-electron chi connectivity index (χ4n) is 13.7. The van der Waals surface area contributed by atoms with E-state index < -0.39 is 0 Å². The van der Waals surface area contributed by atoms with Gasteiger partial charge < -0.3 is 18.6 Å². The minimum absolute atomic E-state index is 0.193. The predicted molar refractivity (Wildman–Crippen MR) is 314 cm³/mol. The summed E-state index contributed by atoms with van der Waals surface area (Å²) in [6, 6.07) is 63.7. The molecule has 0 radical (unpaired) electrons. The Bertz CT molecular complexity index is 3850. The maximum atomic E-state index is 7.28. The first-order valence-corrected chi connectivity index (χ1v) is 27.4. The predicted octanol–water partition coefficient (Wildman–Crippen LogP) is 21.2. The molecule has 74 heavy (non-hydrogen) atoms. The van der Waals surface area contributed by atoms with E-state index in [2.05, 4.69) is 221 Å². The summed E-state index contributed by atoms with van der Waals surface area (Å²) >= 11 is 0. The Kier molecular flexibility index (Phi) is 10.4. The van der Waals surface area contributed by atoms with Crippen LogP contribution in [-0.2, 0) is 10.8 Å². The Balaban J connectivity index is 1.08. The van der Waals surface area contributed by atoms with Gasteiger partial charge in [-0.1, -0.05) is 189 Å². The molecule has 10 aromatic carbocycles. The summed E-state index contributed by atoms with van der Waals surface area (Å²) in [5.41, 5.74) is 15.4. The molecule has 12 aromatic rings. The maximum absolute atomic E-state index is 7.28. The number of nitrogens with zero attached hydrogens (tertiary/aromatic N) is 2. The van der Waals surface area contributed by atoms with Crippen molar-refractivity contribution >= 4 is 110 Å². The highest BCUT2D eigenvalue weighted by Gasteiger charge is 2.32. The third-order valence-corrected chi connectivity index (χ3v) is 17.1. The molecule has 0 bridgehead atoms. The maximum Gasteiger partial charge on any atom is 0.159 e. The van der Waals surface area contributed by atoms with Crippen LogP contribution in [0.2, 0.25) is 0 Å². The molecule has 2 aromatic heterocycles. The van der Waals surface area contributed by atoms with Crippen LogP contribution >= 0.6 is 0 Å². The third kappa shape index (κ3) is 7.00. The summed E-state index contributed by atoms with van der Waals surface area (Å²) in [6.07, 6.45) is 9.99. The lowest BCUT2D eigenvalue weighted by atomic mass is 9.77. The highest BCUT2D eigenvalue weighted by atomic mass is 16.3. The average molecular weight is 965 g/mol. The number of benzene rings is 10. The molecule has 366 valence electrons. The van der Waals surface area contributed by atoms with Crippen LogP contribution in [0, 0.1) is 0 Å². The molecule has 14 rings (SSSR count). The first kappa shape index (κ1) is 45.1. The minimum atomic E-state index is -0.193. The summed E-state index contributed by atoms with van der Waals surface area (Å²) in [5.74, 6) is 1.06. The van der Waals surface area contributed by atoms with Crippen molar-refractivity contribution in [1.29, 1.82) is 0 Å². The van der Waals surface area contributed by atoms with Gasteiger partial charge in [0.15, 0.2) is 11.2 Å². The summed E-state index contributed by atoms with van der Waals surface area (Å²) in [7, 11) is 0.